The Morgan fingerprint density at radius 1 is 1.15 bits per heavy atom. The van der Waals surface area contributed by atoms with Gasteiger partial charge in [-0.2, -0.15) is 0 Å². The van der Waals surface area contributed by atoms with E-state index in [9.17, 15) is 15.0 Å². The Bertz CT molecular complexity index is 962. The fraction of sp³-hybridized carbons (Fsp3) is 0.435. The molecule has 0 radical (unpaired) electrons. The van der Waals surface area contributed by atoms with E-state index >= 15 is 0 Å². The highest BCUT2D eigenvalue weighted by Gasteiger charge is 2.69. The van der Waals surface area contributed by atoms with E-state index in [0.29, 0.717) is 28.7 Å². The lowest BCUT2D eigenvalue weighted by Gasteiger charge is -2.62. The molecule has 2 fully saturated rings. The molecule has 2 N–H and O–H groups in total. The number of ether oxygens (including phenoxy) is 1. The number of hydrogen-bond acceptors (Lipinski definition) is 4. The molecule has 1 heterocycles. The predicted molar refractivity (Wildman–Crippen MR) is 101 cm³/mol. The molecule has 0 unspecified atom stereocenters. The van der Waals surface area contributed by atoms with Crippen molar-refractivity contribution in [1.29, 1.82) is 0 Å². The summed E-state index contributed by atoms with van der Waals surface area (Å²) in [6, 6.07) is 10.3. The van der Waals surface area contributed by atoms with E-state index in [1.165, 1.54) is 6.07 Å². The Labute approximate surface area is 158 Å². The monoisotopic (exact) mass is 364 g/mol. The SMILES string of the molecule is CC1(C)[C@H]2CC[C@]3(C)Oc4cc(O)c(C(=O)c5ccccc5)c(O)c4[C@H]1[C@H]23. The first-order valence-electron chi connectivity index (χ1n) is 9.63. The van der Waals surface area contributed by atoms with Crippen LogP contribution in [0.3, 0.4) is 0 Å². The van der Waals surface area contributed by atoms with Gasteiger partial charge in [0.15, 0.2) is 0 Å². The maximum atomic E-state index is 13.0. The van der Waals surface area contributed by atoms with Gasteiger partial charge in [0.2, 0.25) is 5.78 Å². The van der Waals surface area contributed by atoms with Crippen LogP contribution in [0.25, 0.3) is 0 Å². The van der Waals surface area contributed by atoms with Crippen molar-refractivity contribution in [3.05, 3.63) is 53.1 Å². The first-order chi connectivity index (χ1) is 12.8. The van der Waals surface area contributed by atoms with Crippen LogP contribution in [-0.2, 0) is 0 Å². The summed E-state index contributed by atoms with van der Waals surface area (Å²) in [5.74, 6) is 0.825. The number of rotatable bonds is 2. The summed E-state index contributed by atoms with van der Waals surface area (Å²) in [6.45, 7) is 6.62. The summed E-state index contributed by atoms with van der Waals surface area (Å²) in [7, 11) is 0. The third-order valence-electron chi connectivity index (χ3n) is 7.41. The number of phenolic OH excluding ortho intramolecular Hbond substituents is 2. The van der Waals surface area contributed by atoms with Gasteiger partial charge in [-0.1, -0.05) is 44.2 Å². The van der Waals surface area contributed by atoms with Gasteiger partial charge in [-0.25, -0.2) is 0 Å². The number of carbonyl (C=O) groups is 1. The van der Waals surface area contributed by atoms with Crippen LogP contribution in [0.2, 0.25) is 0 Å². The van der Waals surface area contributed by atoms with E-state index < -0.39 is 0 Å². The third-order valence-corrected chi connectivity index (χ3v) is 7.41. The van der Waals surface area contributed by atoms with Crippen molar-refractivity contribution < 1.29 is 19.7 Å². The van der Waals surface area contributed by atoms with Crippen LogP contribution in [-0.4, -0.2) is 21.6 Å². The molecule has 0 amide bonds. The molecule has 0 saturated heterocycles. The minimum atomic E-state index is -0.373. The van der Waals surface area contributed by atoms with E-state index in [-0.39, 0.29) is 39.8 Å². The standard InChI is InChI=1S/C23H24O4/c1-22(2)13-9-10-23(3)18(13)19(22)17-15(27-23)11-14(24)16(21(17)26)20(25)12-7-5-4-6-8-12/h4-8,11,13,18-19,24,26H,9-10H2,1-3H3/t13-,18-,19-,23-/m0/s1. The Morgan fingerprint density at radius 2 is 1.85 bits per heavy atom. The number of phenols is 2. The fourth-order valence-corrected chi connectivity index (χ4v) is 6.12. The number of fused-ring (bicyclic) bond motifs is 2. The summed E-state index contributed by atoms with van der Waals surface area (Å²) in [5.41, 5.74) is 0.878. The molecule has 0 bridgehead atoms. The molecule has 1 aliphatic heterocycles. The fourth-order valence-electron chi connectivity index (χ4n) is 6.12. The van der Waals surface area contributed by atoms with Gasteiger partial charge in [0, 0.05) is 29.0 Å². The molecule has 4 heteroatoms. The first-order valence-corrected chi connectivity index (χ1v) is 9.63. The van der Waals surface area contributed by atoms with Gasteiger partial charge >= 0.3 is 0 Å². The third kappa shape index (κ3) is 1.96. The average Bonchev–Trinajstić information content (AvgIpc) is 2.96. The van der Waals surface area contributed by atoms with Gasteiger partial charge < -0.3 is 14.9 Å². The highest BCUT2D eigenvalue weighted by molar-refractivity contribution is 6.12. The van der Waals surface area contributed by atoms with Gasteiger partial charge in [0.1, 0.15) is 28.4 Å². The maximum absolute atomic E-state index is 13.0. The molecule has 27 heavy (non-hydrogen) atoms. The molecule has 5 rings (SSSR count). The van der Waals surface area contributed by atoms with Gasteiger partial charge in [-0.3, -0.25) is 4.79 Å². The smallest absolute Gasteiger partial charge is 0.200 e. The van der Waals surface area contributed by atoms with Crippen molar-refractivity contribution in [2.24, 2.45) is 17.3 Å². The van der Waals surface area contributed by atoms with Crippen molar-refractivity contribution >= 4 is 5.78 Å². The zero-order valence-corrected chi connectivity index (χ0v) is 15.8. The Kier molecular flexibility index (Phi) is 3.12. The van der Waals surface area contributed by atoms with Crippen LogP contribution < -0.4 is 4.74 Å². The lowest BCUT2D eigenvalue weighted by atomic mass is 9.45. The van der Waals surface area contributed by atoms with Gasteiger partial charge in [-0.15, -0.1) is 0 Å². The zero-order valence-electron chi connectivity index (χ0n) is 15.8. The predicted octanol–water partition coefficient (Wildman–Crippen LogP) is 4.63. The second kappa shape index (κ2) is 5.06. The molecule has 3 aliphatic rings. The van der Waals surface area contributed by atoms with Crippen LogP contribution >= 0.6 is 0 Å². The Hall–Kier alpha value is -2.49. The molecule has 0 aromatic heterocycles. The van der Waals surface area contributed by atoms with E-state index in [0.717, 1.165) is 12.8 Å². The van der Waals surface area contributed by atoms with Crippen molar-refractivity contribution in [3.63, 3.8) is 0 Å². The molecule has 140 valence electrons. The zero-order chi connectivity index (χ0) is 19.1. The first kappa shape index (κ1) is 16.7. The second-order valence-electron chi connectivity index (χ2n) is 9.11. The molecule has 2 saturated carbocycles. The van der Waals surface area contributed by atoms with E-state index in [1.54, 1.807) is 24.3 Å². The summed E-state index contributed by atoms with van der Waals surface area (Å²) >= 11 is 0. The maximum Gasteiger partial charge on any atom is 0.200 e. The normalized spacial score (nSPS) is 32.0. The molecule has 2 aromatic carbocycles. The number of benzene rings is 2. The number of hydrogen-bond donors (Lipinski definition) is 2. The summed E-state index contributed by atoms with van der Waals surface area (Å²) in [5, 5.41) is 21.7. The van der Waals surface area contributed by atoms with Crippen LogP contribution in [0, 0.1) is 17.3 Å². The molecule has 2 aromatic rings. The summed E-state index contributed by atoms with van der Waals surface area (Å²) in [6.07, 6.45) is 2.09. The number of ketones is 1. The quantitative estimate of drug-likeness (QED) is 0.763. The van der Waals surface area contributed by atoms with Crippen molar-refractivity contribution in [3.8, 4) is 17.2 Å². The lowest BCUT2D eigenvalue weighted by Crippen LogP contribution is -2.59. The Morgan fingerprint density at radius 3 is 2.56 bits per heavy atom. The minimum Gasteiger partial charge on any atom is -0.507 e. The minimum absolute atomic E-state index is 0.0237. The van der Waals surface area contributed by atoms with Crippen molar-refractivity contribution in [2.75, 3.05) is 0 Å². The van der Waals surface area contributed by atoms with Crippen molar-refractivity contribution in [2.45, 2.75) is 45.1 Å². The van der Waals surface area contributed by atoms with E-state index in [1.807, 2.05) is 6.07 Å². The molecule has 0 spiro atoms. The molecule has 4 nitrogen and oxygen atoms in total. The highest BCUT2D eigenvalue weighted by atomic mass is 16.5. The molecule has 2 aliphatic carbocycles. The second-order valence-corrected chi connectivity index (χ2v) is 9.11. The Balaban J connectivity index is 1.70. The van der Waals surface area contributed by atoms with Crippen LogP contribution in [0.1, 0.15) is 61.0 Å². The van der Waals surface area contributed by atoms with Crippen LogP contribution in [0.4, 0.5) is 0 Å². The van der Waals surface area contributed by atoms with E-state index in [2.05, 4.69) is 20.8 Å². The van der Waals surface area contributed by atoms with Crippen LogP contribution in [0.5, 0.6) is 17.2 Å². The lowest BCUT2D eigenvalue weighted by molar-refractivity contribution is -0.121. The van der Waals surface area contributed by atoms with Gasteiger partial charge in [0.25, 0.3) is 0 Å². The summed E-state index contributed by atoms with van der Waals surface area (Å²) < 4.78 is 6.31. The van der Waals surface area contributed by atoms with Gasteiger partial charge in [0.05, 0.1) is 0 Å². The highest BCUT2D eigenvalue weighted by Crippen LogP contribution is 2.74. The average molecular weight is 364 g/mol. The summed E-state index contributed by atoms with van der Waals surface area (Å²) in [4.78, 5) is 13.0. The topological polar surface area (TPSA) is 66.8 Å². The molecular formula is C23H24O4. The van der Waals surface area contributed by atoms with E-state index in [4.69, 9.17) is 4.74 Å². The molecule has 4 atom stereocenters. The largest absolute Gasteiger partial charge is 0.507 e. The molecular weight excluding hydrogens is 340 g/mol. The number of carbonyl (C=O) groups excluding carboxylic acids is 1. The number of aromatic hydroxyl groups is 2. The van der Waals surface area contributed by atoms with Gasteiger partial charge in [-0.05, 0) is 31.1 Å². The van der Waals surface area contributed by atoms with Crippen molar-refractivity contribution in [1.82, 2.24) is 0 Å². The van der Waals surface area contributed by atoms with Crippen LogP contribution in [0.15, 0.2) is 36.4 Å².